The monoisotopic (exact) mass is 448 g/mol. The van der Waals surface area contributed by atoms with Gasteiger partial charge in [-0.25, -0.2) is 9.37 Å². The molecule has 0 spiro atoms. The highest BCUT2D eigenvalue weighted by Crippen LogP contribution is 2.24. The van der Waals surface area contributed by atoms with Crippen LogP contribution in [0, 0.1) is 19.7 Å². The summed E-state index contributed by atoms with van der Waals surface area (Å²) in [7, 11) is 0. The average molecular weight is 449 g/mol. The van der Waals surface area contributed by atoms with E-state index in [1.807, 2.05) is 48.7 Å². The van der Waals surface area contributed by atoms with Crippen LogP contribution in [-0.2, 0) is 11.2 Å². The van der Waals surface area contributed by atoms with Gasteiger partial charge in [0.2, 0.25) is 5.91 Å². The number of hydrogen-bond donors (Lipinski definition) is 2. The van der Waals surface area contributed by atoms with Gasteiger partial charge in [0, 0.05) is 28.0 Å². The van der Waals surface area contributed by atoms with Crippen LogP contribution in [0.4, 0.5) is 4.39 Å². The van der Waals surface area contributed by atoms with Crippen molar-refractivity contribution in [3.63, 3.8) is 0 Å². The van der Waals surface area contributed by atoms with Gasteiger partial charge < -0.3 is 4.57 Å². The molecule has 0 aliphatic carbocycles. The lowest BCUT2D eigenvalue weighted by Crippen LogP contribution is -2.42. The summed E-state index contributed by atoms with van der Waals surface area (Å²) >= 11 is 1.33. The molecule has 2 amide bonds. The largest absolute Gasteiger partial charge is 0.318 e. The van der Waals surface area contributed by atoms with Crippen molar-refractivity contribution in [3.8, 4) is 16.3 Å². The van der Waals surface area contributed by atoms with Gasteiger partial charge in [0.05, 0.1) is 17.7 Å². The summed E-state index contributed by atoms with van der Waals surface area (Å²) in [5, 5.41) is 2.37. The van der Waals surface area contributed by atoms with Crippen molar-refractivity contribution in [1.82, 2.24) is 20.4 Å². The van der Waals surface area contributed by atoms with Crippen LogP contribution in [0.5, 0.6) is 0 Å². The van der Waals surface area contributed by atoms with Crippen LogP contribution >= 0.6 is 11.3 Å². The number of carbonyl (C=O) groups is 2. The van der Waals surface area contributed by atoms with Crippen LogP contribution in [0.1, 0.15) is 27.4 Å². The Labute approximate surface area is 188 Å². The number of aryl methyl sites for hydroxylation is 1. The van der Waals surface area contributed by atoms with E-state index in [0.717, 1.165) is 17.1 Å². The van der Waals surface area contributed by atoms with E-state index in [-0.39, 0.29) is 12.2 Å². The Balaban J connectivity index is 1.38. The fourth-order valence-corrected chi connectivity index (χ4v) is 4.33. The molecule has 2 N–H and O–H groups in total. The third-order valence-electron chi connectivity index (χ3n) is 4.97. The highest BCUT2D eigenvalue weighted by atomic mass is 32.1. The molecule has 4 rings (SSSR count). The second-order valence-corrected chi connectivity index (χ2v) is 8.15. The smallest absolute Gasteiger partial charge is 0.271 e. The van der Waals surface area contributed by atoms with E-state index in [9.17, 15) is 14.0 Å². The van der Waals surface area contributed by atoms with Crippen molar-refractivity contribution in [2.75, 3.05) is 0 Å². The molecule has 0 unspecified atom stereocenters. The van der Waals surface area contributed by atoms with E-state index in [2.05, 4.69) is 15.8 Å². The number of nitrogens with one attached hydrogen (secondary N) is 2. The van der Waals surface area contributed by atoms with Gasteiger partial charge in [0.1, 0.15) is 10.8 Å². The van der Waals surface area contributed by atoms with Gasteiger partial charge in [-0.3, -0.25) is 20.4 Å². The molecule has 0 aliphatic heterocycles. The van der Waals surface area contributed by atoms with Crippen LogP contribution in [0.3, 0.4) is 0 Å². The third kappa shape index (κ3) is 4.60. The Hall–Kier alpha value is -3.78. The molecular weight excluding hydrogens is 427 g/mol. The minimum Gasteiger partial charge on any atom is -0.318 e. The van der Waals surface area contributed by atoms with Crippen molar-refractivity contribution in [3.05, 3.63) is 94.5 Å². The minimum absolute atomic E-state index is 0.00483. The number of halogens is 1. The highest BCUT2D eigenvalue weighted by molar-refractivity contribution is 7.13. The molecule has 0 saturated carbocycles. The van der Waals surface area contributed by atoms with Crippen molar-refractivity contribution in [2.45, 2.75) is 20.3 Å². The topological polar surface area (TPSA) is 76.0 Å². The minimum atomic E-state index is -0.397. The van der Waals surface area contributed by atoms with Crippen molar-refractivity contribution < 1.29 is 14.0 Å². The molecule has 8 heteroatoms. The van der Waals surface area contributed by atoms with Gasteiger partial charge in [0.25, 0.3) is 5.91 Å². The van der Waals surface area contributed by atoms with E-state index in [1.54, 1.807) is 23.6 Å². The predicted octanol–water partition coefficient (Wildman–Crippen LogP) is 4.36. The molecule has 0 radical (unpaired) electrons. The summed E-state index contributed by atoms with van der Waals surface area (Å²) in [5.41, 5.74) is 9.25. The molecule has 32 heavy (non-hydrogen) atoms. The summed E-state index contributed by atoms with van der Waals surface area (Å²) < 4.78 is 15.4. The number of hydrogen-bond acceptors (Lipinski definition) is 4. The number of amides is 2. The molecule has 6 nitrogen and oxygen atoms in total. The Bertz CT molecular complexity index is 1280. The van der Waals surface area contributed by atoms with Crippen molar-refractivity contribution in [2.24, 2.45) is 0 Å². The van der Waals surface area contributed by atoms with E-state index < -0.39 is 11.8 Å². The fraction of sp³-hybridized carbons (Fsp3) is 0.125. The Morgan fingerprint density at radius 1 is 1.03 bits per heavy atom. The lowest BCUT2D eigenvalue weighted by Gasteiger charge is -2.10. The van der Waals surface area contributed by atoms with Gasteiger partial charge in [-0.2, -0.15) is 0 Å². The van der Waals surface area contributed by atoms with E-state index in [0.29, 0.717) is 21.8 Å². The normalized spacial score (nSPS) is 10.7. The zero-order valence-corrected chi connectivity index (χ0v) is 18.4. The predicted molar refractivity (Wildman–Crippen MR) is 122 cm³/mol. The average Bonchev–Trinajstić information content (AvgIpc) is 3.36. The summed E-state index contributed by atoms with van der Waals surface area (Å²) in [6.45, 7) is 3.79. The quantitative estimate of drug-likeness (QED) is 0.446. The van der Waals surface area contributed by atoms with Crippen molar-refractivity contribution in [1.29, 1.82) is 0 Å². The number of aromatic nitrogens is 2. The molecule has 2 aromatic carbocycles. The number of nitrogens with zero attached hydrogens (tertiary/aromatic N) is 2. The molecule has 4 aromatic rings. The van der Waals surface area contributed by atoms with Crippen LogP contribution in [0.15, 0.2) is 66.0 Å². The number of rotatable bonds is 5. The van der Waals surface area contributed by atoms with E-state index in [4.69, 9.17) is 0 Å². The van der Waals surface area contributed by atoms with Gasteiger partial charge in [-0.1, -0.05) is 30.3 Å². The molecule has 0 atom stereocenters. The molecule has 0 fully saturated rings. The van der Waals surface area contributed by atoms with Crippen LogP contribution in [0.25, 0.3) is 16.3 Å². The molecule has 0 bridgehead atoms. The molecule has 0 aliphatic rings. The van der Waals surface area contributed by atoms with Gasteiger partial charge in [-0.05, 0) is 44.2 Å². The maximum atomic E-state index is 13.4. The van der Waals surface area contributed by atoms with E-state index in [1.165, 1.54) is 23.5 Å². The highest BCUT2D eigenvalue weighted by Gasteiger charge is 2.17. The lowest BCUT2D eigenvalue weighted by atomic mass is 10.2. The first-order valence-electron chi connectivity index (χ1n) is 9.96. The number of thiazole rings is 1. The summed E-state index contributed by atoms with van der Waals surface area (Å²) in [6, 6.07) is 17.7. The molecule has 0 saturated heterocycles. The number of para-hydroxylation sites is 1. The van der Waals surface area contributed by atoms with E-state index >= 15 is 0 Å². The molecule has 162 valence electrons. The maximum Gasteiger partial charge on any atom is 0.271 e. The second-order valence-electron chi connectivity index (χ2n) is 7.29. The summed E-state index contributed by atoms with van der Waals surface area (Å²) in [6.07, 6.45) is -0.00483. The molecule has 2 heterocycles. The molecular formula is C24H21FN4O2S. The number of benzene rings is 2. The summed E-state index contributed by atoms with van der Waals surface area (Å²) in [4.78, 5) is 29.3. The Morgan fingerprint density at radius 2 is 1.81 bits per heavy atom. The zero-order chi connectivity index (χ0) is 22.7. The standard InChI is InChI=1S/C24H21FN4O2S/c1-15-11-21(16(2)29(15)20-9-4-3-5-10-20)23(31)28-27-22(30)13-19-14-32-24(26-19)17-7-6-8-18(25)12-17/h3-12,14H,13H2,1-2H3,(H,27,30)(H,28,31). The zero-order valence-electron chi connectivity index (χ0n) is 17.6. The second kappa shape index (κ2) is 9.15. The molecule has 2 aromatic heterocycles. The van der Waals surface area contributed by atoms with Gasteiger partial charge >= 0.3 is 0 Å². The van der Waals surface area contributed by atoms with Gasteiger partial charge in [0.15, 0.2) is 0 Å². The fourth-order valence-electron chi connectivity index (χ4n) is 3.51. The Kier molecular flexibility index (Phi) is 6.13. The van der Waals surface area contributed by atoms with Crippen molar-refractivity contribution >= 4 is 23.2 Å². The first-order valence-corrected chi connectivity index (χ1v) is 10.8. The van der Waals surface area contributed by atoms with Crippen LogP contribution in [0.2, 0.25) is 0 Å². The van der Waals surface area contributed by atoms with Gasteiger partial charge in [-0.15, -0.1) is 11.3 Å². The third-order valence-corrected chi connectivity index (χ3v) is 5.91. The first-order chi connectivity index (χ1) is 15.4. The summed E-state index contributed by atoms with van der Waals surface area (Å²) in [5.74, 6) is -1.13. The number of carbonyl (C=O) groups excluding carboxylic acids is 2. The SMILES string of the molecule is Cc1cc(C(=O)NNC(=O)Cc2csc(-c3cccc(F)c3)n2)c(C)n1-c1ccccc1. The van der Waals surface area contributed by atoms with Crippen LogP contribution < -0.4 is 10.9 Å². The lowest BCUT2D eigenvalue weighted by molar-refractivity contribution is -0.121. The Morgan fingerprint density at radius 3 is 2.56 bits per heavy atom. The van der Waals surface area contributed by atoms with Crippen LogP contribution in [-0.4, -0.2) is 21.4 Å². The first kappa shape index (κ1) is 21.5. The maximum absolute atomic E-state index is 13.4. The number of hydrazine groups is 1.